The first-order valence-electron chi connectivity index (χ1n) is 7.57. The van der Waals surface area contributed by atoms with Crippen LogP contribution in [-0.4, -0.2) is 28.0 Å². The number of methoxy groups -OCH3 is 1. The molecule has 9 nitrogen and oxygen atoms in total. The number of aromatic amines is 1. The van der Waals surface area contributed by atoms with Crippen molar-refractivity contribution in [2.75, 3.05) is 7.11 Å². The van der Waals surface area contributed by atoms with Gasteiger partial charge in [0.15, 0.2) is 5.75 Å². The molecule has 10 heteroatoms. The molecule has 0 aliphatic heterocycles. The van der Waals surface area contributed by atoms with Gasteiger partial charge in [-0.05, 0) is 30.3 Å². The highest BCUT2D eigenvalue weighted by molar-refractivity contribution is 6.31. The number of nitro benzene ring substituents is 1. The van der Waals surface area contributed by atoms with E-state index in [1.807, 2.05) is 0 Å². The van der Waals surface area contributed by atoms with Crippen molar-refractivity contribution in [2.45, 2.75) is 6.61 Å². The van der Waals surface area contributed by atoms with E-state index in [0.29, 0.717) is 15.9 Å². The lowest BCUT2D eigenvalue weighted by molar-refractivity contribution is -0.386. The smallest absolute Gasteiger partial charge is 0.338 e. The number of benzene rings is 2. The summed E-state index contributed by atoms with van der Waals surface area (Å²) in [6.07, 6.45) is 0. The number of halogens is 1. The average Bonchev–Trinajstić information content (AvgIpc) is 2.66. The lowest BCUT2D eigenvalue weighted by atomic mass is 10.2. The molecule has 0 saturated heterocycles. The van der Waals surface area contributed by atoms with Crippen LogP contribution in [0.25, 0.3) is 10.9 Å². The number of rotatable bonds is 5. The number of hydrogen-bond donors (Lipinski definition) is 1. The predicted molar refractivity (Wildman–Crippen MR) is 96.1 cm³/mol. The van der Waals surface area contributed by atoms with Crippen molar-refractivity contribution < 1.29 is 19.2 Å². The Hall–Kier alpha value is -3.46. The summed E-state index contributed by atoms with van der Waals surface area (Å²) >= 11 is 5.86. The van der Waals surface area contributed by atoms with E-state index < -0.39 is 22.1 Å². The molecule has 0 bridgehead atoms. The Kier molecular flexibility index (Phi) is 5.04. The molecule has 0 saturated carbocycles. The fourth-order valence-electron chi connectivity index (χ4n) is 2.40. The van der Waals surface area contributed by atoms with Crippen LogP contribution in [0.4, 0.5) is 5.69 Å². The van der Waals surface area contributed by atoms with Crippen molar-refractivity contribution in [3.05, 3.63) is 73.3 Å². The van der Waals surface area contributed by atoms with Gasteiger partial charge in [0.1, 0.15) is 12.4 Å². The predicted octanol–water partition coefficient (Wildman–Crippen LogP) is 2.85. The highest BCUT2D eigenvalue weighted by atomic mass is 35.5. The van der Waals surface area contributed by atoms with Gasteiger partial charge in [0.25, 0.3) is 5.56 Å². The lowest BCUT2D eigenvalue weighted by Gasteiger charge is -2.08. The zero-order valence-electron chi connectivity index (χ0n) is 13.9. The molecule has 138 valence electrons. The van der Waals surface area contributed by atoms with Crippen molar-refractivity contribution in [3.63, 3.8) is 0 Å². The molecule has 0 atom stereocenters. The van der Waals surface area contributed by atoms with Crippen LogP contribution < -0.4 is 10.3 Å². The normalized spacial score (nSPS) is 10.6. The molecule has 0 spiro atoms. The van der Waals surface area contributed by atoms with E-state index in [1.165, 1.54) is 25.3 Å². The van der Waals surface area contributed by atoms with Gasteiger partial charge in [-0.25, -0.2) is 9.78 Å². The molecule has 1 aromatic heterocycles. The molecule has 0 unspecified atom stereocenters. The van der Waals surface area contributed by atoms with Crippen LogP contribution in [0.2, 0.25) is 5.02 Å². The van der Waals surface area contributed by atoms with Crippen molar-refractivity contribution in [3.8, 4) is 5.75 Å². The molecule has 27 heavy (non-hydrogen) atoms. The van der Waals surface area contributed by atoms with Gasteiger partial charge in [0, 0.05) is 11.1 Å². The molecule has 0 fully saturated rings. The minimum Gasteiger partial charge on any atom is -0.479 e. The average molecular weight is 390 g/mol. The standard InChI is InChI=1S/C17H12ClN3O6/c1-26-17(23)9-2-5-14(13(6-9)21(24)25)27-8-15-19-12-4-3-10(18)7-11(12)16(22)20-15/h2-7H,8H2,1H3,(H,19,20,22). The van der Waals surface area contributed by atoms with E-state index >= 15 is 0 Å². The molecule has 3 aromatic rings. The molecule has 1 N–H and O–H groups in total. The molecular weight excluding hydrogens is 378 g/mol. The number of aromatic nitrogens is 2. The van der Waals surface area contributed by atoms with Crippen LogP contribution >= 0.6 is 11.6 Å². The van der Waals surface area contributed by atoms with Crippen molar-refractivity contribution in [2.24, 2.45) is 0 Å². The van der Waals surface area contributed by atoms with E-state index in [0.717, 1.165) is 6.07 Å². The number of nitrogens with one attached hydrogen (secondary N) is 1. The summed E-state index contributed by atoms with van der Waals surface area (Å²) in [6.45, 7) is -0.216. The Morgan fingerprint density at radius 1 is 1.30 bits per heavy atom. The summed E-state index contributed by atoms with van der Waals surface area (Å²) in [4.78, 5) is 41.0. The maximum atomic E-state index is 12.1. The van der Waals surface area contributed by atoms with E-state index in [9.17, 15) is 19.7 Å². The highest BCUT2D eigenvalue weighted by Crippen LogP contribution is 2.29. The zero-order chi connectivity index (χ0) is 19.6. The second-order valence-electron chi connectivity index (χ2n) is 5.39. The molecule has 2 aromatic carbocycles. The van der Waals surface area contributed by atoms with Gasteiger partial charge < -0.3 is 14.5 Å². The fraction of sp³-hybridized carbons (Fsp3) is 0.118. The number of nitro groups is 1. The fourth-order valence-corrected chi connectivity index (χ4v) is 2.57. The van der Waals surface area contributed by atoms with Crippen LogP contribution in [0, 0.1) is 10.1 Å². The Balaban J connectivity index is 1.89. The SMILES string of the molecule is COC(=O)c1ccc(OCc2nc3ccc(Cl)cc3c(=O)[nH]2)c([N+](=O)[O-])c1. The van der Waals surface area contributed by atoms with E-state index in [1.54, 1.807) is 12.1 Å². The topological polar surface area (TPSA) is 124 Å². The zero-order valence-corrected chi connectivity index (χ0v) is 14.6. The molecule has 1 heterocycles. The molecule has 0 aliphatic rings. The van der Waals surface area contributed by atoms with E-state index in [4.69, 9.17) is 16.3 Å². The Bertz CT molecular complexity index is 1110. The summed E-state index contributed by atoms with van der Waals surface area (Å²) in [7, 11) is 1.17. The third-order valence-electron chi connectivity index (χ3n) is 3.66. The number of carbonyl (C=O) groups is 1. The van der Waals surface area contributed by atoms with Gasteiger partial charge in [-0.2, -0.15) is 0 Å². The van der Waals surface area contributed by atoms with Crippen molar-refractivity contribution >= 4 is 34.2 Å². The van der Waals surface area contributed by atoms with Crippen LogP contribution in [0.15, 0.2) is 41.2 Å². The van der Waals surface area contributed by atoms with Crippen LogP contribution in [0.1, 0.15) is 16.2 Å². The third-order valence-corrected chi connectivity index (χ3v) is 3.89. The Morgan fingerprint density at radius 2 is 2.07 bits per heavy atom. The quantitative estimate of drug-likeness (QED) is 0.404. The number of esters is 1. The van der Waals surface area contributed by atoms with Crippen LogP contribution in [0.5, 0.6) is 5.75 Å². The first-order valence-corrected chi connectivity index (χ1v) is 7.95. The number of fused-ring (bicyclic) bond motifs is 1. The molecule has 0 radical (unpaired) electrons. The van der Waals surface area contributed by atoms with Crippen molar-refractivity contribution in [1.29, 1.82) is 0 Å². The number of hydrogen-bond acceptors (Lipinski definition) is 7. The molecular formula is C17H12ClN3O6. The third kappa shape index (κ3) is 3.87. The highest BCUT2D eigenvalue weighted by Gasteiger charge is 2.19. The summed E-state index contributed by atoms with van der Waals surface area (Å²) in [5.74, 6) is -0.600. The molecule has 0 amide bonds. The van der Waals surface area contributed by atoms with Gasteiger partial charge in [-0.3, -0.25) is 14.9 Å². The van der Waals surface area contributed by atoms with Crippen LogP contribution in [0.3, 0.4) is 0 Å². The van der Waals surface area contributed by atoms with Gasteiger partial charge in [-0.15, -0.1) is 0 Å². The minimum atomic E-state index is -0.705. The minimum absolute atomic E-state index is 0.0191. The second kappa shape index (κ2) is 7.42. The monoisotopic (exact) mass is 389 g/mol. The largest absolute Gasteiger partial charge is 0.479 e. The van der Waals surface area contributed by atoms with Gasteiger partial charge in [0.2, 0.25) is 0 Å². The number of carbonyl (C=O) groups excluding carboxylic acids is 1. The maximum Gasteiger partial charge on any atom is 0.338 e. The van der Waals surface area contributed by atoms with Crippen molar-refractivity contribution in [1.82, 2.24) is 9.97 Å². The number of nitrogens with zero attached hydrogens (tertiary/aromatic N) is 2. The second-order valence-corrected chi connectivity index (χ2v) is 5.83. The number of ether oxygens (including phenoxy) is 2. The van der Waals surface area contributed by atoms with Gasteiger partial charge in [0.05, 0.1) is 28.5 Å². The maximum absolute atomic E-state index is 12.1. The Morgan fingerprint density at radius 3 is 2.78 bits per heavy atom. The molecule has 0 aliphatic carbocycles. The van der Waals surface area contributed by atoms with E-state index in [2.05, 4.69) is 14.7 Å². The summed E-state index contributed by atoms with van der Waals surface area (Å²) in [5.41, 5.74) is -0.382. The first kappa shape index (κ1) is 18.3. The van der Waals surface area contributed by atoms with Gasteiger partial charge in [-0.1, -0.05) is 11.6 Å². The molecule has 3 rings (SSSR count). The van der Waals surface area contributed by atoms with Gasteiger partial charge >= 0.3 is 11.7 Å². The summed E-state index contributed by atoms with van der Waals surface area (Å²) < 4.78 is 9.97. The lowest BCUT2D eigenvalue weighted by Crippen LogP contribution is -2.14. The Labute approximate surface area is 156 Å². The first-order chi connectivity index (χ1) is 12.9. The number of H-pyrrole nitrogens is 1. The van der Waals surface area contributed by atoms with Crippen LogP contribution in [-0.2, 0) is 11.3 Å². The summed E-state index contributed by atoms with van der Waals surface area (Å²) in [5, 5.41) is 12.0. The van der Waals surface area contributed by atoms with E-state index in [-0.39, 0.29) is 23.7 Å². The summed E-state index contributed by atoms with van der Waals surface area (Å²) in [6, 6.07) is 8.35.